The predicted molar refractivity (Wildman–Crippen MR) is 103 cm³/mol. The number of halogens is 2. The molecule has 1 heterocycles. The zero-order valence-electron chi connectivity index (χ0n) is 14.7. The smallest absolute Gasteiger partial charge is 0.260 e. The molecule has 0 saturated heterocycles. The Morgan fingerprint density at radius 1 is 1.19 bits per heavy atom. The molecule has 8 heteroatoms. The van der Waals surface area contributed by atoms with E-state index in [1.54, 1.807) is 24.3 Å². The van der Waals surface area contributed by atoms with Gasteiger partial charge in [-0.3, -0.25) is 4.79 Å². The summed E-state index contributed by atoms with van der Waals surface area (Å²) < 4.78 is 10.7. The molecule has 1 unspecified atom stereocenters. The van der Waals surface area contributed by atoms with Gasteiger partial charge in [0.1, 0.15) is 0 Å². The Morgan fingerprint density at radius 2 is 1.93 bits per heavy atom. The Kier molecular flexibility index (Phi) is 6.11. The lowest BCUT2D eigenvalue weighted by atomic mass is 10.1. The van der Waals surface area contributed by atoms with Crippen molar-refractivity contribution in [3.63, 3.8) is 0 Å². The molecule has 27 heavy (non-hydrogen) atoms. The van der Waals surface area contributed by atoms with Crippen molar-refractivity contribution >= 4 is 34.8 Å². The van der Waals surface area contributed by atoms with Crippen LogP contribution < -0.4 is 5.32 Å². The van der Waals surface area contributed by atoms with Crippen molar-refractivity contribution < 1.29 is 14.1 Å². The summed E-state index contributed by atoms with van der Waals surface area (Å²) in [6.45, 7) is 1.83. The minimum absolute atomic E-state index is 0.0472. The lowest BCUT2D eigenvalue weighted by Crippen LogP contribution is -2.16. The maximum Gasteiger partial charge on any atom is 0.260 e. The number of aromatic nitrogens is 2. The topological polar surface area (TPSA) is 77.2 Å². The fraction of sp³-hybridized carbons (Fsp3) is 0.211. The third-order valence-electron chi connectivity index (χ3n) is 3.99. The quantitative estimate of drug-likeness (QED) is 0.647. The highest BCUT2D eigenvalue weighted by Crippen LogP contribution is 2.30. The number of hydrogen-bond acceptors (Lipinski definition) is 5. The molecule has 3 aromatic rings. The van der Waals surface area contributed by atoms with Crippen molar-refractivity contribution in [2.24, 2.45) is 0 Å². The summed E-state index contributed by atoms with van der Waals surface area (Å²) >= 11 is 12.3. The summed E-state index contributed by atoms with van der Waals surface area (Å²) in [5, 5.41) is 7.77. The average Bonchev–Trinajstić information content (AvgIpc) is 3.09. The number of benzene rings is 2. The molecule has 3 rings (SSSR count). The number of anilines is 1. The molecular formula is C19H17Cl2N3O3. The van der Waals surface area contributed by atoms with Gasteiger partial charge in [-0.05, 0) is 30.7 Å². The molecule has 0 aliphatic rings. The van der Waals surface area contributed by atoms with Crippen LogP contribution in [-0.4, -0.2) is 23.2 Å². The van der Waals surface area contributed by atoms with Crippen LogP contribution in [0, 0.1) is 6.92 Å². The van der Waals surface area contributed by atoms with Gasteiger partial charge >= 0.3 is 0 Å². The number of rotatable bonds is 6. The molecule has 1 atom stereocenters. The largest absolute Gasteiger partial charge is 0.367 e. The monoisotopic (exact) mass is 405 g/mol. The van der Waals surface area contributed by atoms with Crippen LogP contribution in [-0.2, 0) is 16.0 Å². The fourth-order valence-corrected chi connectivity index (χ4v) is 2.98. The summed E-state index contributed by atoms with van der Waals surface area (Å²) in [6, 6.07) is 12.5. The number of ether oxygens (including phenoxy) is 1. The highest BCUT2D eigenvalue weighted by Gasteiger charge is 2.23. The van der Waals surface area contributed by atoms with Gasteiger partial charge in [0.25, 0.3) is 5.89 Å². The van der Waals surface area contributed by atoms with Crippen molar-refractivity contribution in [2.45, 2.75) is 19.4 Å². The van der Waals surface area contributed by atoms with Gasteiger partial charge in [-0.25, -0.2) is 0 Å². The molecule has 1 N–H and O–H groups in total. The average molecular weight is 406 g/mol. The van der Waals surface area contributed by atoms with Crippen LogP contribution in [0.3, 0.4) is 0 Å². The zero-order valence-corrected chi connectivity index (χ0v) is 16.2. The predicted octanol–water partition coefficient (Wildman–Crippen LogP) is 4.60. The summed E-state index contributed by atoms with van der Waals surface area (Å²) in [7, 11) is 1.52. The van der Waals surface area contributed by atoms with E-state index in [-0.39, 0.29) is 24.0 Å². The molecular weight excluding hydrogens is 389 g/mol. The van der Waals surface area contributed by atoms with Crippen LogP contribution in [0.1, 0.15) is 28.9 Å². The number of nitrogens with one attached hydrogen (secondary N) is 1. The number of amides is 1. The summed E-state index contributed by atoms with van der Waals surface area (Å²) in [5.41, 5.74) is 2.14. The lowest BCUT2D eigenvalue weighted by molar-refractivity contribution is -0.115. The van der Waals surface area contributed by atoms with Gasteiger partial charge < -0.3 is 14.6 Å². The molecule has 0 aliphatic carbocycles. The number of carbonyl (C=O) groups excluding carboxylic acids is 1. The van der Waals surface area contributed by atoms with E-state index in [2.05, 4.69) is 15.5 Å². The third kappa shape index (κ3) is 4.47. The van der Waals surface area contributed by atoms with Crippen molar-refractivity contribution in [2.75, 3.05) is 12.4 Å². The second-order valence-corrected chi connectivity index (χ2v) is 6.64. The van der Waals surface area contributed by atoms with Crippen LogP contribution in [0.5, 0.6) is 0 Å². The van der Waals surface area contributed by atoms with Gasteiger partial charge in [-0.15, -0.1) is 0 Å². The molecule has 0 radical (unpaired) electrons. The van der Waals surface area contributed by atoms with Gasteiger partial charge in [-0.2, -0.15) is 4.98 Å². The van der Waals surface area contributed by atoms with Crippen molar-refractivity contribution in [3.05, 3.63) is 75.4 Å². The molecule has 0 spiro atoms. The van der Waals surface area contributed by atoms with Crippen LogP contribution in [0.25, 0.3) is 0 Å². The highest BCUT2D eigenvalue weighted by atomic mass is 35.5. The first-order valence-electron chi connectivity index (χ1n) is 8.14. The lowest BCUT2D eigenvalue weighted by Gasteiger charge is -2.12. The number of nitrogens with zero attached hydrogens (tertiary/aromatic N) is 2. The Hall–Kier alpha value is -2.41. The first-order chi connectivity index (χ1) is 13.0. The summed E-state index contributed by atoms with van der Waals surface area (Å²) in [6.07, 6.45) is -0.660. The standard InChI is InChI=1S/C19H17Cl2N3O3/c1-11-13(20)8-5-9-15(11)22-17(25)10-16-23-19(27-24-16)18(26-2)12-6-3-4-7-14(12)21/h3-9,18H,10H2,1-2H3,(H,22,25). The normalized spacial score (nSPS) is 12.0. The van der Waals surface area contributed by atoms with E-state index < -0.39 is 6.10 Å². The van der Waals surface area contributed by atoms with Crippen LogP contribution >= 0.6 is 23.2 Å². The van der Waals surface area contributed by atoms with Gasteiger partial charge in [0.05, 0.1) is 6.42 Å². The second-order valence-electron chi connectivity index (χ2n) is 5.82. The maximum atomic E-state index is 12.3. The first kappa shape index (κ1) is 19.4. The SMILES string of the molecule is COC(c1nc(CC(=O)Nc2cccc(Cl)c2C)no1)c1ccccc1Cl. The van der Waals surface area contributed by atoms with E-state index in [0.29, 0.717) is 21.3 Å². The van der Waals surface area contributed by atoms with Gasteiger partial charge in [-0.1, -0.05) is 52.6 Å². The fourth-order valence-electron chi connectivity index (χ4n) is 2.58. The van der Waals surface area contributed by atoms with E-state index in [9.17, 15) is 4.79 Å². The minimum atomic E-state index is -0.613. The van der Waals surface area contributed by atoms with Crippen LogP contribution in [0.4, 0.5) is 5.69 Å². The minimum Gasteiger partial charge on any atom is -0.367 e. The van der Waals surface area contributed by atoms with Crippen LogP contribution in [0.2, 0.25) is 10.0 Å². The molecule has 1 aromatic heterocycles. The van der Waals surface area contributed by atoms with Crippen molar-refractivity contribution in [1.82, 2.24) is 10.1 Å². The molecule has 140 valence electrons. The molecule has 1 amide bonds. The van der Waals surface area contributed by atoms with Crippen molar-refractivity contribution in [3.8, 4) is 0 Å². The van der Waals surface area contributed by atoms with Crippen LogP contribution in [0.15, 0.2) is 47.0 Å². The van der Waals surface area contributed by atoms with Crippen molar-refractivity contribution in [1.29, 1.82) is 0 Å². The Morgan fingerprint density at radius 3 is 2.67 bits per heavy atom. The zero-order chi connectivity index (χ0) is 19.4. The van der Waals surface area contributed by atoms with E-state index in [1.807, 2.05) is 25.1 Å². The number of hydrogen-bond donors (Lipinski definition) is 1. The Balaban J connectivity index is 1.73. The van der Waals surface area contributed by atoms with E-state index >= 15 is 0 Å². The molecule has 0 aliphatic heterocycles. The Bertz CT molecular complexity index is 959. The second kappa shape index (κ2) is 8.52. The third-order valence-corrected chi connectivity index (χ3v) is 4.75. The molecule has 6 nitrogen and oxygen atoms in total. The molecule has 2 aromatic carbocycles. The number of carbonyl (C=O) groups is 1. The van der Waals surface area contributed by atoms with Gasteiger partial charge in [0, 0.05) is 28.4 Å². The molecule has 0 saturated carbocycles. The highest BCUT2D eigenvalue weighted by molar-refractivity contribution is 6.32. The summed E-state index contributed by atoms with van der Waals surface area (Å²) in [5.74, 6) is 0.197. The van der Waals surface area contributed by atoms with E-state index in [4.69, 9.17) is 32.5 Å². The summed E-state index contributed by atoms with van der Waals surface area (Å²) in [4.78, 5) is 16.6. The molecule has 0 bridgehead atoms. The van der Waals surface area contributed by atoms with Gasteiger partial charge in [0.2, 0.25) is 5.91 Å². The van der Waals surface area contributed by atoms with E-state index in [0.717, 1.165) is 5.56 Å². The molecule has 0 fully saturated rings. The van der Waals surface area contributed by atoms with E-state index in [1.165, 1.54) is 7.11 Å². The Labute approximate surface area is 166 Å². The first-order valence-corrected chi connectivity index (χ1v) is 8.90. The van der Waals surface area contributed by atoms with Gasteiger partial charge in [0.15, 0.2) is 11.9 Å². The number of methoxy groups -OCH3 is 1. The maximum absolute atomic E-state index is 12.3.